The molecule has 0 saturated carbocycles. The van der Waals surface area contributed by atoms with Gasteiger partial charge in [-0.2, -0.15) is 5.10 Å². The predicted octanol–water partition coefficient (Wildman–Crippen LogP) is 2.08. The van der Waals surface area contributed by atoms with Gasteiger partial charge in [-0.3, -0.25) is 10.5 Å². The van der Waals surface area contributed by atoms with E-state index in [4.69, 9.17) is 5.84 Å². The maximum absolute atomic E-state index is 5.67. The Balaban J connectivity index is 2.25. The van der Waals surface area contributed by atoms with Crippen molar-refractivity contribution in [1.82, 2.24) is 15.2 Å². The Morgan fingerprint density at radius 2 is 2.06 bits per heavy atom. The van der Waals surface area contributed by atoms with Crippen LogP contribution in [0.5, 0.6) is 0 Å². The van der Waals surface area contributed by atoms with E-state index in [9.17, 15) is 0 Å². The second kappa shape index (κ2) is 6.04. The highest BCUT2D eigenvalue weighted by atomic mass is 32.2. The van der Waals surface area contributed by atoms with Crippen molar-refractivity contribution < 1.29 is 0 Å². The highest BCUT2D eigenvalue weighted by Gasteiger charge is 2.15. The normalized spacial score (nSPS) is 12.6. The van der Waals surface area contributed by atoms with Crippen LogP contribution in [0.15, 0.2) is 41.4 Å². The fourth-order valence-corrected chi connectivity index (χ4v) is 2.60. The van der Waals surface area contributed by atoms with Crippen molar-refractivity contribution in [2.24, 2.45) is 12.9 Å². The molecule has 0 aliphatic carbocycles. The number of hydrogen-bond donors (Lipinski definition) is 2. The van der Waals surface area contributed by atoms with E-state index in [1.807, 2.05) is 29.6 Å². The van der Waals surface area contributed by atoms with Gasteiger partial charge in [0.1, 0.15) is 0 Å². The number of hydrogen-bond acceptors (Lipinski definition) is 4. The van der Waals surface area contributed by atoms with Crippen LogP contribution in [0.3, 0.4) is 0 Å². The van der Waals surface area contributed by atoms with Gasteiger partial charge in [0.15, 0.2) is 0 Å². The SMILES string of the molecule is CCSc1ccc(C(NN)c2ccnn2C)cc1. The molecule has 0 fully saturated rings. The van der Waals surface area contributed by atoms with Gasteiger partial charge < -0.3 is 0 Å². The van der Waals surface area contributed by atoms with Gasteiger partial charge in [0.05, 0.1) is 11.7 Å². The molecule has 4 nitrogen and oxygen atoms in total. The van der Waals surface area contributed by atoms with Crippen molar-refractivity contribution in [3.8, 4) is 0 Å². The van der Waals surface area contributed by atoms with E-state index in [0.717, 1.165) is 17.0 Å². The van der Waals surface area contributed by atoms with Crippen LogP contribution in [0.1, 0.15) is 24.2 Å². The average molecular weight is 262 g/mol. The van der Waals surface area contributed by atoms with E-state index in [1.54, 1.807) is 6.20 Å². The molecular formula is C13H18N4S. The Labute approximate surface area is 112 Å². The zero-order chi connectivity index (χ0) is 13.0. The summed E-state index contributed by atoms with van der Waals surface area (Å²) < 4.78 is 1.83. The van der Waals surface area contributed by atoms with Crippen molar-refractivity contribution in [1.29, 1.82) is 0 Å². The lowest BCUT2D eigenvalue weighted by Crippen LogP contribution is -2.30. The van der Waals surface area contributed by atoms with Gasteiger partial charge in [-0.1, -0.05) is 19.1 Å². The summed E-state index contributed by atoms with van der Waals surface area (Å²) in [5, 5.41) is 4.17. The Morgan fingerprint density at radius 1 is 1.33 bits per heavy atom. The first-order valence-electron chi connectivity index (χ1n) is 5.93. The monoisotopic (exact) mass is 262 g/mol. The molecule has 1 atom stereocenters. The Hall–Kier alpha value is -1.30. The number of thioether (sulfide) groups is 1. The molecule has 3 N–H and O–H groups in total. The summed E-state index contributed by atoms with van der Waals surface area (Å²) in [4.78, 5) is 1.28. The number of benzene rings is 1. The van der Waals surface area contributed by atoms with Crippen LogP contribution < -0.4 is 11.3 Å². The van der Waals surface area contributed by atoms with E-state index >= 15 is 0 Å². The first-order chi connectivity index (χ1) is 8.76. The van der Waals surface area contributed by atoms with E-state index in [2.05, 4.69) is 41.7 Å². The smallest absolute Gasteiger partial charge is 0.0878 e. The van der Waals surface area contributed by atoms with Crippen LogP contribution in [-0.4, -0.2) is 15.5 Å². The molecule has 0 aliphatic heterocycles. The second-order valence-electron chi connectivity index (χ2n) is 3.98. The molecule has 2 rings (SSSR count). The third-order valence-electron chi connectivity index (χ3n) is 2.85. The molecule has 0 saturated heterocycles. The van der Waals surface area contributed by atoms with Gasteiger partial charge in [-0.05, 0) is 29.5 Å². The summed E-state index contributed by atoms with van der Waals surface area (Å²) in [5.41, 5.74) is 5.04. The van der Waals surface area contributed by atoms with Crippen LogP contribution in [-0.2, 0) is 7.05 Å². The van der Waals surface area contributed by atoms with E-state index in [0.29, 0.717) is 0 Å². The quantitative estimate of drug-likeness (QED) is 0.492. The van der Waals surface area contributed by atoms with E-state index in [1.165, 1.54) is 4.90 Å². The minimum absolute atomic E-state index is 0.0295. The van der Waals surface area contributed by atoms with Crippen molar-refractivity contribution in [2.75, 3.05) is 5.75 Å². The molecule has 1 aromatic heterocycles. The molecule has 0 radical (unpaired) electrons. The summed E-state index contributed by atoms with van der Waals surface area (Å²) in [5.74, 6) is 6.75. The zero-order valence-corrected chi connectivity index (χ0v) is 11.4. The van der Waals surface area contributed by atoms with Crippen LogP contribution in [0.25, 0.3) is 0 Å². The molecule has 0 bridgehead atoms. The lowest BCUT2D eigenvalue weighted by molar-refractivity contribution is 0.575. The minimum Gasteiger partial charge on any atom is -0.271 e. The zero-order valence-electron chi connectivity index (χ0n) is 10.6. The third-order valence-corrected chi connectivity index (χ3v) is 3.74. The lowest BCUT2D eigenvalue weighted by atomic mass is 10.0. The van der Waals surface area contributed by atoms with Crippen LogP contribution in [0, 0.1) is 0 Å². The highest BCUT2D eigenvalue weighted by Crippen LogP contribution is 2.24. The van der Waals surface area contributed by atoms with Crippen molar-refractivity contribution >= 4 is 11.8 Å². The molecule has 5 heteroatoms. The topological polar surface area (TPSA) is 55.9 Å². The number of hydrazine groups is 1. The van der Waals surface area contributed by atoms with Crippen molar-refractivity contribution in [3.05, 3.63) is 47.8 Å². The fourth-order valence-electron chi connectivity index (χ4n) is 1.94. The molecule has 2 aromatic rings. The fraction of sp³-hybridized carbons (Fsp3) is 0.308. The van der Waals surface area contributed by atoms with E-state index in [-0.39, 0.29) is 6.04 Å². The average Bonchev–Trinajstić information content (AvgIpc) is 2.79. The molecular weight excluding hydrogens is 244 g/mol. The summed E-state index contributed by atoms with van der Waals surface area (Å²) in [7, 11) is 1.92. The molecule has 1 unspecified atom stereocenters. The van der Waals surface area contributed by atoms with Crippen LogP contribution in [0.4, 0.5) is 0 Å². The predicted molar refractivity (Wildman–Crippen MR) is 75.2 cm³/mol. The summed E-state index contributed by atoms with van der Waals surface area (Å²) in [6.07, 6.45) is 1.78. The number of nitrogens with two attached hydrogens (primary N) is 1. The number of nitrogens with zero attached hydrogens (tertiary/aromatic N) is 2. The van der Waals surface area contributed by atoms with Gasteiger partial charge in [0.2, 0.25) is 0 Å². The van der Waals surface area contributed by atoms with Gasteiger partial charge in [-0.25, -0.2) is 5.43 Å². The summed E-state index contributed by atoms with van der Waals surface area (Å²) in [6, 6.07) is 10.4. The summed E-state index contributed by atoms with van der Waals surface area (Å²) in [6.45, 7) is 2.15. The molecule has 18 heavy (non-hydrogen) atoms. The number of nitrogens with one attached hydrogen (secondary N) is 1. The maximum atomic E-state index is 5.67. The number of aromatic nitrogens is 2. The van der Waals surface area contributed by atoms with Gasteiger partial charge in [-0.15, -0.1) is 11.8 Å². The van der Waals surface area contributed by atoms with Gasteiger partial charge >= 0.3 is 0 Å². The lowest BCUT2D eigenvalue weighted by Gasteiger charge is -2.17. The maximum Gasteiger partial charge on any atom is 0.0878 e. The summed E-state index contributed by atoms with van der Waals surface area (Å²) >= 11 is 1.83. The Bertz CT molecular complexity index is 492. The van der Waals surface area contributed by atoms with Crippen molar-refractivity contribution in [2.45, 2.75) is 17.9 Å². The highest BCUT2D eigenvalue weighted by molar-refractivity contribution is 7.99. The van der Waals surface area contributed by atoms with Crippen LogP contribution >= 0.6 is 11.8 Å². The first-order valence-corrected chi connectivity index (χ1v) is 6.91. The van der Waals surface area contributed by atoms with Gasteiger partial charge in [0, 0.05) is 18.1 Å². The molecule has 0 aliphatic rings. The molecule has 0 amide bonds. The largest absolute Gasteiger partial charge is 0.271 e. The Kier molecular flexibility index (Phi) is 4.41. The standard InChI is InChI=1S/C13H18N4S/c1-3-18-11-6-4-10(5-7-11)13(16-14)12-8-9-15-17(12)2/h4-9,13,16H,3,14H2,1-2H3. The Morgan fingerprint density at radius 3 is 2.56 bits per heavy atom. The molecule has 1 aromatic carbocycles. The third kappa shape index (κ3) is 2.75. The molecule has 0 spiro atoms. The number of rotatable bonds is 5. The number of aryl methyl sites for hydroxylation is 1. The van der Waals surface area contributed by atoms with Crippen molar-refractivity contribution in [3.63, 3.8) is 0 Å². The minimum atomic E-state index is -0.0295. The molecule has 1 heterocycles. The van der Waals surface area contributed by atoms with E-state index < -0.39 is 0 Å². The van der Waals surface area contributed by atoms with Gasteiger partial charge in [0.25, 0.3) is 0 Å². The second-order valence-corrected chi connectivity index (χ2v) is 5.32. The van der Waals surface area contributed by atoms with Crippen LogP contribution in [0.2, 0.25) is 0 Å². The molecule has 96 valence electrons. The first kappa shape index (κ1) is 13.1.